The van der Waals surface area contributed by atoms with Crippen molar-refractivity contribution in [3.05, 3.63) is 112 Å². The zero-order valence-electron chi connectivity index (χ0n) is 23.1. The molecule has 0 saturated carbocycles. The van der Waals surface area contributed by atoms with Gasteiger partial charge >= 0.3 is 0 Å². The largest absolute Gasteiger partial charge is 0.508 e. The molecule has 1 fully saturated rings. The van der Waals surface area contributed by atoms with Gasteiger partial charge < -0.3 is 9.52 Å². The van der Waals surface area contributed by atoms with Crippen LogP contribution in [-0.2, 0) is 19.2 Å². The van der Waals surface area contributed by atoms with Crippen LogP contribution in [0.3, 0.4) is 0 Å². The van der Waals surface area contributed by atoms with E-state index < -0.39 is 23.7 Å². The molecule has 3 aliphatic carbocycles. The van der Waals surface area contributed by atoms with E-state index in [1.807, 2.05) is 30.3 Å². The predicted octanol–water partition coefficient (Wildman–Crippen LogP) is 6.17. The fourth-order valence-electron chi connectivity index (χ4n) is 7.26. The highest BCUT2D eigenvalue weighted by atomic mass is 79.9. The Hall–Kier alpha value is -4.89. The number of carbonyl (C=O) groups is 4. The summed E-state index contributed by atoms with van der Waals surface area (Å²) in [6.45, 7) is 0. The van der Waals surface area contributed by atoms with Crippen LogP contribution in [0.15, 0.2) is 111 Å². The molecule has 216 valence electrons. The van der Waals surface area contributed by atoms with Gasteiger partial charge in [0.1, 0.15) is 11.3 Å². The first-order valence-electron chi connectivity index (χ1n) is 14.3. The molecule has 3 aromatic carbocycles. The van der Waals surface area contributed by atoms with E-state index in [9.17, 15) is 24.3 Å². The van der Waals surface area contributed by atoms with Crippen LogP contribution in [0.2, 0.25) is 0 Å². The van der Waals surface area contributed by atoms with Crippen LogP contribution in [0.4, 0.5) is 5.69 Å². The Balaban J connectivity index is 1.16. The number of phenols is 1. The van der Waals surface area contributed by atoms with Gasteiger partial charge in [-0.2, -0.15) is 0 Å². The van der Waals surface area contributed by atoms with E-state index in [-0.39, 0.29) is 40.0 Å². The van der Waals surface area contributed by atoms with Crippen molar-refractivity contribution in [2.24, 2.45) is 17.8 Å². The molecule has 8 nitrogen and oxygen atoms in total. The Labute approximate surface area is 259 Å². The molecule has 9 heteroatoms. The number of rotatable bonds is 3. The number of phenolic OH excluding ortho intramolecular Hbond substituents is 1. The predicted molar refractivity (Wildman–Crippen MR) is 165 cm³/mol. The summed E-state index contributed by atoms with van der Waals surface area (Å²) in [5.41, 5.74) is 4.93. The third kappa shape index (κ3) is 3.92. The van der Waals surface area contributed by atoms with Crippen LogP contribution in [0.1, 0.15) is 24.3 Å². The average molecular weight is 647 g/mol. The summed E-state index contributed by atoms with van der Waals surface area (Å²) < 4.78 is 6.06. The van der Waals surface area contributed by atoms with Gasteiger partial charge in [0.25, 0.3) is 0 Å². The first-order chi connectivity index (χ1) is 21.3. The lowest BCUT2D eigenvalue weighted by molar-refractivity contribution is -0.123. The second-order valence-corrected chi connectivity index (χ2v) is 12.4. The zero-order valence-corrected chi connectivity index (χ0v) is 24.7. The van der Waals surface area contributed by atoms with Gasteiger partial charge in [-0.3, -0.25) is 24.1 Å². The van der Waals surface area contributed by atoms with E-state index in [1.54, 1.807) is 48.5 Å². The van der Waals surface area contributed by atoms with Gasteiger partial charge in [0, 0.05) is 28.7 Å². The SMILES string of the molecule is O=C1C=C(Br)C(=O)C2=C1[C@@H](c1ccc(O)cc1)C1=CC[C@@H]3C(=O)N(c4ccc(-c5nc6ccccc6o5)cc4)C(=O)[C@@H]3[C@@H]1C2. The molecule has 8 rings (SSSR count). The molecular weight excluding hydrogens is 624 g/mol. The van der Waals surface area contributed by atoms with Crippen LogP contribution >= 0.6 is 15.9 Å². The number of nitrogens with zero attached hydrogens (tertiary/aromatic N) is 2. The molecule has 0 spiro atoms. The quantitative estimate of drug-likeness (QED) is 0.161. The molecular formula is C35H23BrN2O6. The van der Waals surface area contributed by atoms with Gasteiger partial charge in [-0.05, 0) is 88.8 Å². The molecule has 4 aromatic rings. The maximum absolute atomic E-state index is 14.2. The molecule has 0 bridgehead atoms. The lowest BCUT2D eigenvalue weighted by Crippen LogP contribution is -2.39. The molecule has 1 aromatic heterocycles. The fourth-order valence-corrected chi connectivity index (χ4v) is 7.70. The Kier molecular flexibility index (Phi) is 5.96. The number of allylic oxidation sites excluding steroid dienone is 6. The molecule has 0 unspecified atom stereocenters. The summed E-state index contributed by atoms with van der Waals surface area (Å²) in [6.07, 6.45) is 3.81. The second-order valence-electron chi connectivity index (χ2n) is 11.5. The third-order valence-electron chi connectivity index (χ3n) is 9.22. The molecule has 2 amide bonds. The van der Waals surface area contributed by atoms with Crippen molar-refractivity contribution in [1.29, 1.82) is 0 Å². The van der Waals surface area contributed by atoms with Crippen molar-refractivity contribution < 1.29 is 28.7 Å². The minimum atomic E-state index is -0.680. The van der Waals surface area contributed by atoms with Crippen LogP contribution in [0, 0.1) is 17.8 Å². The minimum absolute atomic E-state index is 0.0796. The van der Waals surface area contributed by atoms with E-state index in [0.717, 1.165) is 16.7 Å². The number of Topliss-reactive ketones (excluding diaryl/α,β-unsaturated/α-hetero) is 1. The number of halogens is 1. The lowest BCUT2D eigenvalue weighted by Gasteiger charge is -2.42. The topological polar surface area (TPSA) is 118 Å². The Morgan fingerprint density at radius 1 is 0.886 bits per heavy atom. The number of carbonyl (C=O) groups excluding carboxylic acids is 4. The highest BCUT2D eigenvalue weighted by Gasteiger charge is 2.56. The van der Waals surface area contributed by atoms with Gasteiger partial charge in [-0.1, -0.05) is 35.9 Å². The van der Waals surface area contributed by atoms with Crippen LogP contribution < -0.4 is 4.90 Å². The molecule has 4 atom stereocenters. The van der Waals surface area contributed by atoms with Crippen LogP contribution in [0.25, 0.3) is 22.6 Å². The number of imide groups is 1. The van der Waals surface area contributed by atoms with Gasteiger partial charge in [-0.15, -0.1) is 0 Å². The minimum Gasteiger partial charge on any atom is -0.508 e. The number of para-hydroxylation sites is 2. The van der Waals surface area contributed by atoms with E-state index >= 15 is 0 Å². The summed E-state index contributed by atoms with van der Waals surface area (Å²) in [5.74, 6) is -2.89. The number of aromatic nitrogens is 1. The molecule has 1 saturated heterocycles. The lowest BCUT2D eigenvalue weighted by atomic mass is 9.59. The van der Waals surface area contributed by atoms with E-state index in [0.29, 0.717) is 40.3 Å². The summed E-state index contributed by atoms with van der Waals surface area (Å²) in [6, 6.07) is 21.0. The first-order valence-corrected chi connectivity index (χ1v) is 15.1. The number of ketones is 2. The number of benzene rings is 3. The summed E-state index contributed by atoms with van der Waals surface area (Å²) in [5, 5.41) is 9.93. The van der Waals surface area contributed by atoms with Crippen molar-refractivity contribution in [2.45, 2.75) is 18.8 Å². The highest BCUT2D eigenvalue weighted by molar-refractivity contribution is 9.12. The number of aromatic hydroxyl groups is 1. The second kappa shape index (κ2) is 9.82. The molecule has 44 heavy (non-hydrogen) atoms. The number of anilines is 1. The normalized spacial score (nSPS) is 24.7. The highest BCUT2D eigenvalue weighted by Crippen LogP contribution is 2.55. The van der Waals surface area contributed by atoms with E-state index in [2.05, 4.69) is 20.9 Å². The monoisotopic (exact) mass is 646 g/mol. The fraction of sp³-hybridized carbons (Fsp3) is 0.171. The van der Waals surface area contributed by atoms with Crippen LogP contribution in [-0.4, -0.2) is 33.5 Å². The van der Waals surface area contributed by atoms with Gasteiger partial charge in [0.05, 0.1) is 22.0 Å². The van der Waals surface area contributed by atoms with Gasteiger partial charge in [0.15, 0.2) is 17.1 Å². The van der Waals surface area contributed by atoms with Crippen LogP contribution in [0.5, 0.6) is 5.75 Å². The smallest absolute Gasteiger partial charge is 0.238 e. The summed E-state index contributed by atoms with van der Waals surface area (Å²) in [7, 11) is 0. The molecule has 4 aliphatic rings. The van der Waals surface area contributed by atoms with Crippen molar-refractivity contribution in [1.82, 2.24) is 4.98 Å². The molecule has 2 heterocycles. The Bertz CT molecular complexity index is 2000. The number of oxazole rings is 1. The van der Waals surface area contributed by atoms with Gasteiger partial charge in [-0.25, -0.2) is 4.98 Å². The number of hydrogen-bond donors (Lipinski definition) is 1. The zero-order chi connectivity index (χ0) is 30.3. The van der Waals surface area contributed by atoms with Crippen molar-refractivity contribution in [2.75, 3.05) is 4.90 Å². The van der Waals surface area contributed by atoms with Crippen molar-refractivity contribution >= 4 is 56.1 Å². The standard InChI is InChI=1S/C35H23BrN2O6/c36-25-16-27(40)31-24(32(25)41)15-23-21(29(31)17-7-11-20(39)12-8-17)13-14-22-30(23)35(43)38(34(22)42)19-9-5-18(6-10-19)33-37-26-3-1-2-4-28(26)44-33/h1-13,16,22-23,29-30,39H,14-15H2/t22-,23+,29-,30-/m0/s1. The summed E-state index contributed by atoms with van der Waals surface area (Å²) in [4.78, 5) is 60.5. The number of amides is 2. The molecule has 1 N–H and O–H groups in total. The molecule has 1 aliphatic heterocycles. The van der Waals surface area contributed by atoms with E-state index in [4.69, 9.17) is 4.42 Å². The maximum Gasteiger partial charge on any atom is 0.238 e. The average Bonchev–Trinajstić information content (AvgIpc) is 3.58. The first kappa shape index (κ1) is 26.7. The Morgan fingerprint density at radius 2 is 1.64 bits per heavy atom. The third-order valence-corrected chi connectivity index (χ3v) is 9.81. The maximum atomic E-state index is 14.2. The van der Waals surface area contributed by atoms with E-state index in [1.165, 1.54) is 11.0 Å². The summed E-state index contributed by atoms with van der Waals surface area (Å²) >= 11 is 3.25. The molecule has 0 radical (unpaired) electrons. The Morgan fingerprint density at radius 3 is 2.39 bits per heavy atom. The number of fused-ring (bicyclic) bond motifs is 4. The van der Waals surface area contributed by atoms with Crippen molar-refractivity contribution in [3.8, 4) is 17.2 Å². The van der Waals surface area contributed by atoms with Gasteiger partial charge in [0.2, 0.25) is 17.7 Å². The van der Waals surface area contributed by atoms with Crippen molar-refractivity contribution in [3.63, 3.8) is 0 Å². The number of hydrogen-bond acceptors (Lipinski definition) is 7.